The third-order valence-electron chi connectivity index (χ3n) is 1.48. The van der Waals surface area contributed by atoms with E-state index in [1.165, 1.54) is 6.20 Å². The Bertz CT molecular complexity index is 320. The molecule has 6 heteroatoms. The first-order valence-corrected chi connectivity index (χ1v) is 4.95. The van der Waals surface area contributed by atoms with Gasteiger partial charge in [0.15, 0.2) is 0 Å². The Labute approximate surface area is 92.2 Å². The van der Waals surface area contributed by atoms with E-state index in [0.29, 0.717) is 4.47 Å². The molecule has 0 aliphatic heterocycles. The Morgan fingerprint density at radius 3 is 2.54 bits per heavy atom. The molecule has 0 spiro atoms. The molecular formula is C7H4BrCl2F2N. The zero-order chi connectivity index (χ0) is 10.0. The molecule has 1 nitrogen and oxygen atoms in total. The fraction of sp³-hybridized carbons (Fsp3) is 0.286. The second kappa shape index (κ2) is 4.53. The van der Waals surface area contributed by atoms with Crippen molar-refractivity contribution in [2.24, 2.45) is 0 Å². The van der Waals surface area contributed by atoms with Crippen LogP contribution in [0.5, 0.6) is 0 Å². The number of hydrogen-bond acceptors (Lipinski definition) is 1. The lowest BCUT2D eigenvalue weighted by molar-refractivity contribution is 0.150. The lowest BCUT2D eigenvalue weighted by Crippen LogP contribution is -1.97. The molecule has 72 valence electrons. The number of nitrogens with zero attached hydrogens (tertiary/aromatic N) is 1. The van der Waals surface area contributed by atoms with E-state index in [9.17, 15) is 8.78 Å². The third-order valence-corrected chi connectivity index (χ3v) is 2.73. The quantitative estimate of drug-likeness (QED) is 0.588. The molecular weight excluding hydrogens is 287 g/mol. The van der Waals surface area contributed by atoms with Gasteiger partial charge in [-0.15, -0.1) is 11.6 Å². The molecule has 0 aliphatic carbocycles. The van der Waals surface area contributed by atoms with Crippen LogP contribution in [-0.2, 0) is 5.88 Å². The molecule has 0 radical (unpaired) electrons. The Morgan fingerprint density at radius 2 is 2.15 bits per heavy atom. The van der Waals surface area contributed by atoms with Gasteiger partial charge in [0.25, 0.3) is 6.43 Å². The Morgan fingerprint density at radius 1 is 1.54 bits per heavy atom. The van der Waals surface area contributed by atoms with E-state index in [-0.39, 0.29) is 22.2 Å². The summed E-state index contributed by atoms with van der Waals surface area (Å²) in [7, 11) is 0. The molecule has 1 heterocycles. The minimum Gasteiger partial charge on any atom is -0.243 e. The van der Waals surface area contributed by atoms with Gasteiger partial charge in [-0.05, 0) is 21.5 Å². The molecule has 0 aromatic carbocycles. The van der Waals surface area contributed by atoms with Crippen LogP contribution in [0.25, 0.3) is 0 Å². The van der Waals surface area contributed by atoms with E-state index in [4.69, 9.17) is 23.2 Å². The van der Waals surface area contributed by atoms with Gasteiger partial charge in [-0.3, -0.25) is 0 Å². The number of alkyl halides is 3. The summed E-state index contributed by atoms with van der Waals surface area (Å²) in [5.41, 5.74) is -0.0114. The van der Waals surface area contributed by atoms with Gasteiger partial charge in [0.05, 0.1) is 5.56 Å². The minimum absolute atomic E-state index is 0.0253. The van der Waals surface area contributed by atoms with E-state index < -0.39 is 6.43 Å². The fourth-order valence-corrected chi connectivity index (χ4v) is 2.02. The number of pyridine rings is 1. The van der Waals surface area contributed by atoms with Gasteiger partial charge in [0.1, 0.15) is 5.15 Å². The van der Waals surface area contributed by atoms with Crippen LogP contribution in [0.1, 0.15) is 17.6 Å². The zero-order valence-electron chi connectivity index (χ0n) is 6.20. The van der Waals surface area contributed by atoms with Crippen LogP contribution in [0.4, 0.5) is 8.78 Å². The van der Waals surface area contributed by atoms with Crippen molar-refractivity contribution in [3.63, 3.8) is 0 Å². The van der Waals surface area contributed by atoms with E-state index in [1.54, 1.807) is 0 Å². The molecule has 0 bridgehead atoms. The van der Waals surface area contributed by atoms with E-state index >= 15 is 0 Å². The third kappa shape index (κ3) is 2.30. The fourth-order valence-electron chi connectivity index (χ4n) is 0.872. The summed E-state index contributed by atoms with van der Waals surface area (Å²) in [6, 6.07) is 0. The predicted octanol–water partition coefficient (Wildman–Crippen LogP) is 4.17. The van der Waals surface area contributed by atoms with Crippen LogP contribution >= 0.6 is 39.1 Å². The van der Waals surface area contributed by atoms with Crippen molar-refractivity contribution in [3.05, 3.63) is 26.9 Å². The molecule has 0 amide bonds. The molecule has 0 unspecified atom stereocenters. The highest BCUT2D eigenvalue weighted by atomic mass is 79.9. The highest BCUT2D eigenvalue weighted by molar-refractivity contribution is 9.10. The second-order valence-corrected chi connectivity index (χ2v) is 3.70. The molecule has 1 aromatic heterocycles. The summed E-state index contributed by atoms with van der Waals surface area (Å²) < 4.78 is 25.3. The van der Waals surface area contributed by atoms with Crippen molar-refractivity contribution in [1.29, 1.82) is 0 Å². The van der Waals surface area contributed by atoms with Crippen molar-refractivity contribution in [1.82, 2.24) is 4.98 Å². The molecule has 0 N–H and O–H groups in total. The molecule has 0 fully saturated rings. The maximum atomic E-state index is 12.5. The van der Waals surface area contributed by atoms with Gasteiger partial charge >= 0.3 is 0 Å². The first kappa shape index (κ1) is 11.1. The van der Waals surface area contributed by atoms with Gasteiger partial charge in [0, 0.05) is 16.5 Å². The van der Waals surface area contributed by atoms with Gasteiger partial charge in [-0.2, -0.15) is 0 Å². The summed E-state index contributed by atoms with van der Waals surface area (Å²) in [6.07, 6.45) is -1.31. The summed E-state index contributed by atoms with van der Waals surface area (Å²) >= 11 is 14.1. The summed E-state index contributed by atoms with van der Waals surface area (Å²) in [5, 5.41) is -0.200. The van der Waals surface area contributed by atoms with Crippen molar-refractivity contribution >= 4 is 39.1 Å². The van der Waals surface area contributed by atoms with Crippen LogP contribution in [0, 0.1) is 0 Å². The van der Waals surface area contributed by atoms with E-state index in [1.807, 2.05) is 0 Å². The van der Waals surface area contributed by atoms with Crippen LogP contribution in [0.3, 0.4) is 0 Å². The average molecular weight is 291 g/mol. The maximum absolute atomic E-state index is 12.5. The summed E-state index contributed by atoms with van der Waals surface area (Å²) in [5.74, 6) is -0.0253. The summed E-state index contributed by atoms with van der Waals surface area (Å²) in [6.45, 7) is 0. The Kier molecular flexibility index (Phi) is 3.88. The van der Waals surface area contributed by atoms with Crippen LogP contribution in [-0.4, -0.2) is 4.98 Å². The topological polar surface area (TPSA) is 12.9 Å². The monoisotopic (exact) mass is 289 g/mol. The Balaban J connectivity index is 3.35. The van der Waals surface area contributed by atoms with Crippen molar-refractivity contribution in [2.45, 2.75) is 12.3 Å². The van der Waals surface area contributed by atoms with Crippen molar-refractivity contribution in [2.75, 3.05) is 0 Å². The van der Waals surface area contributed by atoms with Crippen LogP contribution in [0.15, 0.2) is 10.7 Å². The maximum Gasteiger partial charge on any atom is 0.267 e. The first-order valence-electron chi connectivity index (χ1n) is 3.24. The zero-order valence-corrected chi connectivity index (χ0v) is 9.30. The lowest BCUT2D eigenvalue weighted by atomic mass is 10.2. The SMILES string of the molecule is FC(F)c1c(Cl)ncc(Br)c1CCl. The first-order chi connectivity index (χ1) is 6.07. The number of rotatable bonds is 2. The molecule has 1 rings (SSSR count). The second-order valence-electron chi connectivity index (χ2n) is 2.22. The highest BCUT2D eigenvalue weighted by Gasteiger charge is 2.19. The molecule has 13 heavy (non-hydrogen) atoms. The normalized spacial score (nSPS) is 10.9. The van der Waals surface area contributed by atoms with Crippen LogP contribution in [0.2, 0.25) is 5.15 Å². The molecule has 0 atom stereocenters. The van der Waals surface area contributed by atoms with Crippen molar-refractivity contribution < 1.29 is 8.78 Å². The Hall–Kier alpha value is 0.0700. The van der Waals surface area contributed by atoms with Crippen molar-refractivity contribution in [3.8, 4) is 0 Å². The standard InChI is InChI=1S/C7H4BrCl2F2N/c8-4-2-13-6(10)5(7(11)12)3(4)1-9/h2,7H,1H2. The molecule has 0 saturated heterocycles. The lowest BCUT2D eigenvalue weighted by Gasteiger charge is -2.08. The number of hydrogen-bond donors (Lipinski definition) is 0. The van der Waals surface area contributed by atoms with E-state index in [0.717, 1.165) is 0 Å². The molecule has 1 aromatic rings. The predicted molar refractivity (Wildman–Crippen MR) is 51.5 cm³/mol. The smallest absolute Gasteiger partial charge is 0.243 e. The van der Waals surface area contributed by atoms with Gasteiger partial charge in [0.2, 0.25) is 0 Å². The van der Waals surface area contributed by atoms with Gasteiger partial charge in [-0.25, -0.2) is 13.8 Å². The minimum atomic E-state index is -2.66. The van der Waals surface area contributed by atoms with Gasteiger partial charge in [-0.1, -0.05) is 11.6 Å². The highest BCUT2D eigenvalue weighted by Crippen LogP contribution is 2.33. The van der Waals surface area contributed by atoms with Gasteiger partial charge < -0.3 is 0 Å². The van der Waals surface area contributed by atoms with E-state index in [2.05, 4.69) is 20.9 Å². The van der Waals surface area contributed by atoms with Crippen LogP contribution < -0.4 is 0 Å². The molecule has 0 aliphatic rings. The average Bonchev–Trinajstić information content (AvgIpc) is 2.07. The number of halogens is 5. The largest absolute Gasteiger partial charge is 0.267 e. The summed E-state index contributed by atoms with van der Waals surface area (Å²) in [4.78, 5) is 3.59. The number of aromatic nitrogens is 1. The molecule has 0 saturated carbocycles.